The summed E-state index contributed by atoms with van der Waals surface area (Å²) >= 11 is 0. The Labute approximate surface area is 106 Å². The maximum atomic E-state index is 9.62. The number of rotatable bonds is 7. The van der Waals surface area contributed by atoms with Crippen LogP contribution >= 0.6 is 0 Å². The zero-order valence-electron chi connectivity index (χ0n) is 12.0. The third kappa shape index (κ3) is 3.69. The van der Waals surface area contributed by atoms with Gasteiger partial charge in [0.2, 0.25) is 0 Å². The topological polar surface area (TPSA) is 39.1 Å². The normalized spacial score (nSPS) is 19.7. The molecule has 0 aromatic carbocycles. The summed E-state index contributed by atoms with van der Waals surface area (Å²) in [5.41, 5.74) is -0.339. The molecule has 3 heteroatoms. The van der Waals surface area contributed by atoms with E-state index in [1.807, 2.05) is 0 Å². The van der Waals surface area contributed by atoms with E-state index >= 15 is 0 Å². The monoisotopic (exact) mass is 237 g/mol. The minimum absolute atomic E-state index is 0.339. The molecule has 0 spiro atoms. The van der Waals surface area contributed by atoms with Crippen LogP contribution in [0.5, 0.6) is 0 Å². The first kappa shape index (κ1) is 14.5. The summed E-state index contributed by atoms with van der Waals surface area (Å²) in [4.78, 5) is 2.39. The maximum absolute atomic E-state index is 9.62. The van der Waals surface area contributed by atoms with Crippen LogP contribution in [-0.4, -0.2) is 35.6 Å². The lowest BCUT2D eigenvalue weighted by molar-refractivity contribution is 0.162. The van der Waals surface area contributed by atoms with Crippen molar-refractivity contribution in [1.82, 2.24) is 10.2 Å². The molecule has 0 aromatic rings. The van der Waals surface area contributed by atoms with Gasteiger partial charge in [0.25, 0.3) is 0 Å². The van der Waals surface area contributed by atoms with Crippen LogP contribution in [-0.2, 0) is 0 Å². The number of hydrogen-bond donors (Lipinski definition) is 1. The van der Waals surface area contributed by atoms with Crippen LogP contribution in [0.4, 0.5) is 0 Å². The third-order valence-corrected chi connectivity index (χ3v) is 3.61. The standard InChI is InChI=1S/C14H27N3/c1-6-17(12(4)5)10-14(9-15,13-7-8-13)16-11(2)3/h11-13,16H,6-8,10H2,1-5H3. The van der Waals surface area contributed by atoms with Gasteiger partial charge < -0.3 is 0 Å². The van der Waals surface area contributed by atoms with E-state index in [4.69, 9.17) is 0 Å². The van der Waals surface area contributed by atoms with Crippen molar-refractivity contribution in [1.29, 1.82) is 5.26 Å². The van der Waals surface area contributed by atoms with Crippen molar-refractivity contribution >= 4 is 0 Å². The predicted octanol–water partition coefficient (Wildman–Crippen LogP) is 2.39. The lowest BCUT2D eigenvalue weighted by Crippen LogP contribution is -2.57. The third-order valence-electron chi connectivity index (χ3n) is 3.61. The van der Waals surface area contributed by atoms with Gasteiger partial charge in [0.1, 0.15) is 5.54 Å². The van der Waals surface area contributed by atoms with Crippen molar-refractivity contribution in [2.75, 3.05) is 13.1 Å². The molecule has 0 amide bonds. The highest BCUT2D eigenvalue weighted by Gasteiger charge is 2.47. The first-order chi connectivity index (χ1) is 7.95. The lowest BCUT2D eigenvalue weighted by atomic mass is 9.92. The van der Waals surface area contributed by atoms with E-state index in [0.29, 0.717) is 18.0 Å². The van der Waals surface area contributed by atoms with Crippen molar-refractivity contribution in [3.63, 3.8) is 0 Å². The summed E-state index contributed by atoms with van der Waals surface area (Å²) in [6.07, 6.45) is 2.39. The van der Waals surface area contributed by atoms with Crippen LogP contribution in [0.25, 0.3) is 0 Å². The Morgan fingerprint density at radius 1 is 1.35 bits per heavy atom. The summed E-state index contributed by atoms with van der Waals surface area (Å²) in [6.45, 7) is 12.7. The molecule has 1 unspecified atom stereocenters. The number of hydrogen-bond acceptors (Lipinski definition) is 3. The second-order valence-corrected chi connectivity index (χ2v) is 5.81. The van der Waals surface area contributed by atoms with Crippen molar-refractivity contribution in [3.8, 4) is 6.07 Å². The summed E-state index contributed by atoms with van der Waals surface area (Å²) in [7, 11) is 0. The average molecular weight is 237 g/mol. The van der Waals surface area contributed by atoms with Gasteiger partial charge in [-0.25, -0.2) is 0 Å². The number of likely N-dealkylation sites (N-methyl/N-ethyl adjacent to an activating group) is 1. The van der Waals surface area contributed by atoms with E-state index < -0.39 is 0 Å². The average Bonchev–Trinajstić information content (AvgIpc) is 3.07. The van der Waals surface area contributed by atoms with Crippen molar-refractivity contribution in [2.45, 2.75) is 65.1 Å². The lowest BCUT2D eigenvalue weighted by Gasteiger charge is -2.37. The molecule has 98 valence electrons. The van der Waals surface area contributed by atoms with Crippen molar-refractivity contribution in [3.05, 3.63) is 0 Å². The Bertz CT molecular complexity index is 276. The van der Waals surface area contributed by atoms with E-state index in [1.165, 1.54) is 12.8 Å². The highest BCUT2D eigenvalue weighted by molar-refractivity contribution is 5.17. The largest absolute Gasteiger partial charge is 0.298 e. The van der Waals surface area contributed by atoms with Gasteiger partial charge in [-0.2, -0.15) is 5.26 Å². The van der Waals surface area contributed by atoms with Gasteiger partial charge >= 0.3 is 0 Å². The molecule has 0 heterocycles. The van der Waals surface area contributed by atoms with E-state index in [1.54, 1.807) is 0 Å². The zero-order chi connectivity index (χ0) is 13.1. The molecule has 1 rings (SSSR count). The van der Waals surface area contributed by atoms with Crippen LogP contribution < -0.4 is 5.32 Å². The molecule has 0 aliphatic heterocycles. The fraction of sp³-hybridized carbons (Fsp3) is 0.929. The van der Waals surface area contributed by atoms with Crippen LogP contribution in [0, 0.1) is 17.2 Å². The predicted molar refractivity (Wildman–Crippen MR) is 71.7 cm³/mol. The molecular formula is C14H27N3. The SMILES string of the molecule is CCN(CC(C#N)(NC(C)C)C1CC1)C(C)C. The first-order valence-electron chi connectivity index (χ1n) is 6.88. The maximum Gasteiger partial charge on any atom is 0.122 e. The number of nitrogens with zero attached hydrogens (tertiary/aromatic N) is 2. The van der Waals surface area contributed by atoms with E-state index in [9.17, 15) is 5.26 Å². The Kier molecular flexibility index (Phi) is 4.97. The summed E-state index contributed by atoms with van der Waals surface area (Å²) in [5, 5.41) is 13.1. The minimum atomic E-state index is -0.339. The summed E-state index contributed by atoms with van der Waals surface area (Å²) in [5.74, 6) is 0.544. The minimum Gasteiger partial charge on any atom is -0.298 e. The van der Waals surface area contributed by atoms with Crippen LogP contribution in [0.3, 0.4) is 0 Å². The Morgan fingerprint density at radius 3 is 2.24 bits per heavy atom. The van der Waals surface area contributed by atoms with Crippen LogP contribution in [0.2, 0.25) is 0 Å². The molecule has 1 atom stereocenters. The molecule has 1 fully saturated rings. The molecule has 0 bridgehead atoms. The Hall–Kier alpha value is -0.590. The molecule has 0 aromatic heterocycles. The van der Waals surface area contributed by atoms with E-state index in [2.05, 4.69) is 50.9 Å². The quantitative estimate of drug-likeness (QED) is 0.739. The fourth-order valence-electron chi connectivity index (χ4n) is 2.52. The molecular weight excluding hydrogens is 210 g/mol. The highest BCUT2D eigenvalue weighted by atomic mass is 15.2. The smallest absolute Gasteiger partial charge is 0.122 e. The first-order valence-corrected chi connectivity index (χ1v) is 6.88. The van der Waals surface area contributed by atoms with Gasteiger partial charge in [-0.3, -0.25) is 10.2 Å². The molecule has 1 aliphatic carbocycles. The Balaban J connectivity index is 2.79. The van der Waals surface area contributed by atoms with Gasteiger partial charge in [0.15, 0.2) is 0 Å². The van der Waals surface area contributed by atoms with Gasteiger partial charge in [-0.15, -0.1) is 0 Å². The van der Waals surface area contributed by atoms with Gasteiger partial charge in [-0.1, -0.05) is 6.92 Å². The van der Waals surface area contributed by atoms with Gasteiger partial charge in [0.05, 0.1) is 6.07 Å². The van der Waals surface area contributed by atoms with Gasteiger partial charge in [0, 0.05) is 18.6 Å². The summed E-state index contributed by atoms with van der Waals surface area (Å²) < 4.78 is 0. The highest BCUT2D eigenvalue weighted by Crippen LogP contribution is 2.40. The Morgan fingerprint density at radius 2 is 1.94 bits per heavy atom. The van der Waals surface area contributed by atoms with Gasteiger partial charge in [-0.05, 0) is 53.0 Å². The van der Waals surface area contributed by atoms with Crippen molar-refractivity contribution in [2.24, 2.45) is 5.92 Å². The zero-order valence-corrected chi connectivity index (χ0v) is 12.0. The molecule has 1 aliphatic rings. The molecule has 17 heavy (non-hydrogen) atoms. The van der Waals surface area contributed by atoms with E-state index in [0.717, 1.165) is 13.1 Å². The van der Waals surface area contributed by atoms with Crippen LogP contribution in [0.15, 0.2) is 0 Å². The second-order valence-electron chi connectivity index (χ2n) is 5.81. The van der Waals surface area contributed by atoms with Crippen molar-refractivity contribution < 1.29 is 0 Å². The fourth-order valence-corrected chi connectivity index (χ4v) is 2.52. The second kappa shape index (κ2) is 5.84. The molecule has 1 N–H and O–H groups in total. The summed E-state index contributed by atoms with van der Waals surface area (Å²) in [6, 6.07) is 3.44. The molecule has 3 nitrogen and oxygen atoms in total. The number of nitrogens with one attached hydrogen (secondary N) is 1. The van der Waals surface area contributed by atoms with E-state index in [-0.39, 0.29) is 5.54 Å². The molecule has 0 radical (unpaired) electrons. The number of nitriles is 1. The molecule has 0 saturated heterocycles. The van der Waals surface area contributed by atoms with Crippen LogP contribution in [0.1, 0.15) is 47.5 Å². The molecule has 1 saturated carbocycles.